The fourth-order valence-corrected chi connectivity index (χ4v) is 6.59. The number of hydrogen-bond donors (Lipinski definition) is 0. The molecule has 1 unspecified atom stereocenters. The lowest BCUT2D eigenvalue weighted by Gasteiger charge is -2.39. The second-order valence-electron chi connectivity index (χ2n) is 12.8. The number of anilines is 3. The number of nitrogens with zero attached hydrogens (tertiary/aromatic N) is 6. The van der Waals surface area contributed by atoms with Crippen molar-refractivity contribution in [1.29, 1.82) is 0 Å². The first-order chi connectivity index (χ1) is 22.5. The van der Waals surface area contributed by atoms with Gasteiger partial charge in [-0.15, -0.1) is 0 Å². The molecule has 1 fully saturated rings. The van der Waals surface area contributed by atoms with E-state index in [9.17, 15) is 14.4 Å². The van der Waals surface area contributed by atoms with Crippen LogP contribution in [0, 0.1) is 6.92 Å². The van der Waals surface area contributed by atoms with E-state index in [4.69, 9.17) is 14.5 Å². The Bertz CT molecular complexity index is 1860. The average Bonchev–Trinajstić information content (AvgIpc) is 3.06. The number of aromatic nitrogens is 3. The fourth-order valence-electron chi connectivity index (χ4n) is 6.25. The highest BCUT2D eigenvalue weighted by atomic mass is 32.2. The summed E-state index contributed by atoms with van der Waals surface area (Å²) in [6.45, 7) is 9.21. The number of thioether (sulfide) groups is 1. The molecular formula is C35H40N6O5S. The first-order valence-electron chi connectivity index (χ1n) is 15.8. The fraction of sp³-hybridized carbons (Fsp3) is 0.400. The van der Waals surface area contributed by atoms with Crippen LogP contribution in [0.4, 0.5) is 26.7 Å². The number of fused-ring (bicyclic) bond motifs is 2. The smallest absolute Gasteiger partial charge is 0.414 e. The number of aryl methyl sites for hydroxylation is 1. The van der Waals surface area contributed by atoms with Crippen molar-refractivity contribution < 1.29 is 19.1 Å². The van der Waals surface area contributed by atoms with Crippen molar-refractivity contribution in [1.82, 2.24) is 19.4 Å². The highest BCUT2D eigenvalue weighted by molar-refractivity contribution is 7.98. The first-order valence-corrected chi connectivity index (χ1v) is 17.1. The Morgan fingerprint density at radius 1 is 1.00 bits per heavy atom. The molecule has 2 amide bonds. The predicted octanol–water partition coefficient (Wildman–Crippen LogP) is 6.69. The lowest BCUT2D eigenvalue weighted by atomic mass is 10.0. The summed E-state index contributed by atoms with van der Waals surface area (Å²) in [5.74, 6) is 0. The van der Waals surface area contributed by atoms with E-state index in [0.717, 1.165) is 16.8 Å². The summed E-state index contributed by atoms with van der Waals surface area (Å²) >= 11 is 1.40. The van der Waals surface area contributed by atoms with Gasteiger partial charge in [0.05, 0.1) is 17.4 Å². The lowest BCUT2D eigenvalue weighted by Crippen LogP contribution is -2.47. The minimum atomic E-state index is -0.629. The molecule has 47 heavy (non-hydrogen) atoms. The van der Waals surface area contributed by atoms with Crippen LogP contribution >= 0.6 is 11.8 Å². The quantitative estimate of drug-likeness (QED) is 0.171. The summed E-state index contributed by atoms with van der Waals surface area (Å²) in [6.07, 6.45) is 4.22. The van der Waals surface area contributed by atoms with E-state index in [-0.39, 0.29) is 18.2 Å². The minimum Gasteiger partial charge on any atom is -0.444 e. The molecule has 0 aliphatic carbocycles. The number of carbonyl (C=O) groups excluding carboxylic acids is 2. The van der Waals surface area contributed by atoms with Gasteiger partial charge in [0, 0.05) is 37.8 Å². The van der Waals surface area contributed by atoms with Crippen LogP contribution in [-0.2, 0) is 16.1 Å². The second-order valence-corrected chi connectivity index (χ2v) is 13.6. The Hall–Kier alpha value is -4.58. The Morgan fingerprint density at radius 2 is 1.79 bits per heavy atom. The average molecular weight is 657 g/mol. The zero-order valence-corrected chi connectivity index (χ0v) is 28.2. The lowest BCUT2D eigenvalue weighted by molar-refractivity contribution is 0.0173. The van der Waals surface area contributed by atoms with Gasteiger partial charge in [-0.2, -0.15) is 0 Å². The zero-order valence-electron chi connectivity index (χ0n) is 27.4. The molecule has 4 aromatic rings. The third kappa shape index (κ3) is 6.78. The van der Waals surface area contributed by atoms with Crippen LogP contribution in [-0.4, -0.2) is 69.7 Å². The van der Waals surface area contributed by atoms with E-state index in [1.807, 2.05) is 93.4 Å². The number of para-hydroxylation sites is 1. The van der Waals surface area contributed by atoms with Gasteiger partial charge in [0.25, 0.3) is 5.56 Å². The largest absolute Gasteiger partial charge is 0.444 e. The molecule has 1 atom stereocenters. The predicted molar refractivity (Wildman–Crippen MR) is 184 cm³/mol. The number of piperidine rings is 1. The van der Waals surface area contributed by atoms with Crippen LogP contribution in [0.15, 0.2) is 70.7 Å². The Labute approximate surface area is 278 Å². The van der Waals surface area contributed by atoms with Gasteiger partial charge in [-0.1, -0.05) is 54.2 Å². The standard InChI is InChI=1S/C35H40N6O5S/c1-23-11-9-15-27-29(23)40(34(44)45-22-24-12-7-6-8-13-24)18-17-39(27)28-19-25-20-36-32(47-5)37-30(25)41(31(28)42)26-14-10-16-38(21-26)33(43)46-35(2,3)4/h6-9,11-13,15,19-20,26H,10,14,16-18,21-22H2,1-5H3. The molecule has 6 rings (SSSR count). The van der Waals surface area contributed by atoms with Crippen LogP contribution in [0.1, 0.15) is 50.8 Å². The van der Waals surface area contributed by atoms with Crippen molar-refractivity contribution in [3.63, 3.8) is 0 Å². The normalized spacial score (nSPS) is 16.6. The third-order valence-corrected chi connectivity index (χ3v) is 8.93. The van der Waals surface area contributed by atoms with Gasteiger partial charge in [-0.3, -0.25) is 14.3 Å². The van der Waals surface area contributed by atoms with Gasteiger partial charge >= 0.3 is 12.2 Å². The van der Waals surface area contributed by atoms with E-state index in [1.54, 1.807) is 20.6 Å². The molecule has 2 aliphatic rings. The molecule has 2 aromatic carbocycles. The zero-order chi connectivity index (χ0) is 33.3. The molecule has 0 N–H and O–H groups in total. The highest BCUT2D eigenvalue weighted by Crippen LogP contribution is 2.40. The second kappa shape index (κ2) is 13.3. The summed E-state index contributed by atoms with van der Waals surface area (Å²) in [7, 11) is 0. The van der Waals surface area contributed by atoms with Gasteiger partial charge < -0.3 is 19.3 Å². The molecule has 0 bridgehead atoms. The molecule has 0 saturated carbocycles. The number of amides is 2. The van der Waals surface area contributed by atoms with E-state index >= 15 is 0 Å². The highest BCUT2D eigenvalue weighted by Gasteiger charge is 2.34. The molecule has 246 valence electrons. The van der Waals surface area contributed by atoms with Crippen LogP contribution in [0.25, 0.3) is 11.0 Å². The van der Waals surface area contributed by atoms with E-state index in [0.29, 0.717) is 66.6 Å². The summed E-state index contributed by atoms with van der Waals surface area (Å²) in [6, 6.07) is 16.9. The summed E-state index contributed by atoms with van der Waals surface area (Å²) in [5.41, 5.74) is 3.36. The van der Waals surface area contributed by atoms with Crippen LogP contribution in [0.2, 0.25) is 0 Å². The molecular weight excluding hydrogens is 616 g/mol. The van der Waals surface area contributed by atoms with Gasteiger partial charge in [-0.25, -0.2) is 19.6 Å². The molecule has 11 nitrogen and oxygen atoms in total. The summed E-state index contributed by atoms with van der Waals surface area (Å²) < 4.78 is 13.1. The maximum atomic E-state index is 14.7. The Kier molecular flexibility index (Phi) is 9.14. The van der Waals surface area contributed by atoms with Crippen LogP contribution < -0.4 is 15.4 Å². The van der Waals surface area contributed by atoms with Crippen molar-refractivity contribution in [3.05, 3.63) is 82.3 Å². The van der Waals surface area contributed by atoms with Gasteiger partial charge in [0.15, 0.2) is 5.16 Å². The number of hydrogen-bond acceptors (Lipinski definition) is 9. The van der Waals surface area contributed by atoms with Gasteiger partial charge in [0.2, 0.25) is 0 Å². The maximum absolute atomic E-state index is 14.7. The van der Waals surface area contributed by atoms with Gasteiger partial charge in [0.1, 0.15) is 23.5 Å². The number of ether oxygens (including phenoxy) is 2. The van der Waals surface area contributed by atoms with E-state index < -0.39 is 17.8 Å². The topological polar surface area (TPSA) is 110 Å². The number of carbonyl (C=O) groups is 2. The van der Waals surface area contributed by atoms with Crippen molar-refractivity contribution >= 4 is 52.0 Å². The molecule has 1 saturated heterocycles. The maximum Gasteiger partial charge on any atom is 0.414 e. The molecule has 2 aliphatic heterocycles. The SMILES string of the molecule is CSc1ncc2cc(N3CCN(C(=O)OCc4ccccc4)c4c(C)cccc43)c(=O)n(C3CCCN(C(=O)OC(C)(C)C)C3)c2n1. The van der Waals surface area contributed by atoms with E-state index in [1.165, 1.54) is 11.8 Å². The molecule has 12 heteroatoms. The minimum absolute atomic E-state index is 0.163. The Balaban J connectivity index is 1.39. The van der Waals surface area contributed by atoms with Crippen LogP contribution in [0.5, 0.6) is 0 Å². The van der Waals surface area contributed by atoms with Crippen LogP contribution in [0.3, 0.4) is 0 Å². The van der Waals surface area contributed by atoms with Crippen molar-refractivity contribution in [3.8, 4) is 0 Å². The van der Waals surface area contributed by atoms with E-state index in [2.05, 4.69) is 4.98 Å². The first kappa shape index (κ1) is 32.4. The van der Waals surface area contributed by atoms with Crippen molar-refractivity contribution in [2.45, 2.75) is 63.9 Å². The van der Waals surface area contributed by atoms with Crippen molar-refractivity contribution in [2.75, 3.05) is 42.2 Å². The summed E-state index contributed by atoms with van der Waals surface area (Å²) in [5, 5.41) is 1.27. The monoisotopic (exact) mass is 656 g/mol. The van der Waals surface area contributed by atoms with Crippen molar-refractivity contribution in [2.24, 2.45) is 0 Å². The Morgan fingerprint density at radius 3 is 2.53 bits per heavy atom. The summed E-state index contributed by atoms with van der Waals surface area (Å²) in [4.78, 5) is 55.8. The number of rotatable bonds is 5. The number of pyridine rings is 1. The number of likely N-dealkylation sites (tertiary alicyclic amines) is 1. The number of benzene rings is 2. The van der Waals surface area contributed by atoms with Gasteiger partial charge in [-0.05, 0) is 70.1 Å². The molecule has 4 heterocycles. The molecule has 2 aromatic heterocycles. The third-order valence-electron chi connectivity index (χ3n) is 8.37. The molecule has 0 radical (unpaired) electrons. The molecule has 0 spiro atoms.